The predicted octanol–water partition coefficient (Wildman–Crippen LogP) is 8.73. The van der Waals surface area contributed by atoms with E-state index in [9.17, 15) is 9.59 Å². The first-order valence-electron chi connectivity index (χ1n) is 12.6. The van der Waals surface area contributed by atoms with Crippen LogP contribution in [0, 0.1) is 11.8 Å². The lowest BCUT2D eigenvalue weighted by Crippen LogP contribution is -2.34. The highest BCUT2D eigenvalue weighted by Gasteiger charge is 2.68. The molecule has 38 heavy (non-hydrogen) atoms. The molecule has 6 heteroatoms. The largest absolute Gasteiger partial charge is 0.297 e. The number of fused-ring (bicyclic) bond motifs is 1. The molecule has 2 fully saturated rings. The number of thioether (sulfide) groups is 4. The van der Waals surface area contributed by atoms with Gasteiger partial charge in [0.05, 0.1) is 0 Å². The van der Waals surface area contributed by atoms with Crippen LogP contribution in [-0.4, -0.2) is 19.7 Å². The number of benzene rings is 4. The Balaban J connectivity index is 1.45. The van der Waals surface area contributed by atoms with Crippen LogP contribution in [0.25, 0.3) is 0 Å². The van der Waals surface area contributed by atoms with Crippen molar-refractivity contribution in [1.82, 2.24) is 0 Å². The molecule has 4 aromatic carbocycles. The molecule has 4 aromatic rings. The van der Waals surface area contributed by atoms with Gasteiger partial charge in [0.15, 0.2) is 11.6 Å². The first-order chi connectivity index (χ1) is 18.6. The van der Waals surface area contributed by atoms with Gasteiger partial charge in [-0.2, -0.15) is 0 Å². The third-order valence-corrected chi connectivity index (χ3v) is 13.5. The summed E-state index contributed by atoms with van der Waals surface area (Å²) in [6.45, 7) is 0. The van der Waals surface area contributed by atoms with Crippen molar-refractivity contribution < 1.29 is 9.59 Å². The summed E-state index contributed by atoms with van der Waals surface area (Å²) in [5.74, 6) is 0.305. The second-order valence-corrected chi connectivity index (χ2v) is 15.3. The summed E-state index contributed by atoms with van der Waals surface area (Å²) in [6, 6.07) is 40.7. The van der Waals surface area contributed by atoms with E-state index in [2.05, 4.69) is 48.5 Å². The van der Waals surface area contributed by atoms with Gasteiger partial charge in [-0.3, -0.25) is 9.59 Å². The maximum absolute atomic E-state index is 14.2. The van der Waals surface area contributed by atoms with Crippen LogP contribution in [0.3, 0.4) is 0 Å². The van der Waals surface area contributed by atoms with Crippen LogP contribution in [0.5, 0.6) is 0 Å². The van der Waals surface area contributed by atoms with Crippen LogP contribution in [-0.2, 0) is 9.59 Å². The Kier molecular flexibility index (Phi) is 7.50. The Bertz CT molecular complexity index is 1220. The average molecular weight is 571 g/mol. The van der Waals surface area contributed by atoms with E-state index in [0.717, 1.165) is 19.6 Å². The molecule has 0 N–H and O–H groups in total. The van der Waals surface area contributed by atoms with Crippen molar-refractivity contribution >= 4 is 58.6 Å². The SMILES string of the molecule is O=C1C[C@@H]2[C@@H](CC(=O)C2(Sc2ccccc2)Sc2ccccc2)C1(Sc1ccccc1)Sc1ccccc1. The van der Waals surface area contributed by atoms with Crippen LogP contribution in [0.15, 0.2) is 141 Å². The Labute approximate surface area is 240 Å². The lowest BCUT2D eigenvalue weighted by molar-refractivity contribution is -0.120. The maximum Gasteiger partial charge on any atom is 0.160 e. The van der Waals surface area contributed by atoms with E-state index < -0.39 is 8.16 Å². The number of ketones is 2. The normalized spacial score (nSPS) is 21.4. The molecule has 2 saturated carbocycles. The van der Waals surface area contributed by atoms with E-state index >= 15 is 0 Å². The first kappa shape index (κ1) is 25.9. The van der Waals surface area contributed by atoms with Gasteiger partial charge in [-0.25, -0.2) is 0 Å². The van der Waals surface area contributed by atoms with Crippen LogP contribution >= 0.6 is 47.0 Å². The van der Waals surface area contributed by atoms with Crippen molar-refractivity contribution in [3.05, 3.63) is 121 Å². The minimum Gasteiger partial charge on any atom is -0.297 e. The Morgan fingerprint density at radius 2 is 0.658 bits per heavy atom. The molecule has 0 unspecified atom stereocenters. The van der Waals surface area contributed by atoms with Gasteiger partial charge in [0.25, 0.3) is 0 Å². The summed E-state index contributed by atoms with van der Waals surface area (Å²) in [5.41, 5.74) is 0. The molecule has 2 nitrogen and oxygen atoms in total. The van der Waals surface area contributed by atoms with E-state index in [4.69, 9.17) is 0 Å². The van der Waals surface area contributed by atoms with Crippen molar-refractivity contribution in [2.75, 3.05) is 0 Å². The fourth-order valence-electron chi connectivity index (χ4n) is 5.41. The molecule has 0 heterocycles. The minimum atomic E-state index is -0.765. The number of hydrogen-bond acceptors (Lipinski definition) is 6. The molecular formula is C32H26O2S4. The lowest BCUT2D eigenvalue weighted by atomic mass is 10.00. The monoisotopic (exact) mass is 570 g/mol. The molecule has 0 bridgehead atoms. The van der Waals surface area contributed by atoms with Gasteiger partial charge >= 0.3 is 0 Å². The van der Waals surface area contributed by atoms with Gasteiger partial charge < -0.3 is 0 Å². The molecule has 2 atom stereocenters. The van der Waals surface area contributed by atoms with E-state index in [1.165, 1.54) is 0 Å². The Morgan fingerprint density at radius 3 is 0.895 bits per heavy atom. The van der Waals surface area contributed by atoms with Crippen LogP contribution < -0.4 is 0 Å². The number of carbonyl (C=O) groups is 2. The molecule has 0 amide bonds. The molecule has 6 rings (SSSR count). The summed E-state index contributed by atoms with van der Waals surface area (Å²) in [7, 11) is 0. The maximum atomic E-state index is 14.2. The van der Waals surface area contributed by atoms with Gasteiger partial charge in [-0.05, 0) is 48.5 Å². The summed E-state index contributed by atoms with van der Waals surface area (Å²) < 4.78 is -1.53. The van der Waals surface area contributed by atoms with Crippen molar-refractivity contribution in [3.63, 3.8) is 0 Å². The molecule has 2 aliphatic carbocycles. The Morgan fingerprint density at radius 1 is 0.421 bits per heavy atom. The summed E-state index contributed by atoms with van der Waals surface area (Å²) in [6.07, 6.45) is 0.797. The van der Waals surface area contributed by atoms with Crippen LogP contribution in [0.2, 0.25) is 0 Å². The van der Waals surface area contributed by atoms with E-state index in [1.807, 2.05) is 72.8 Å². The fourth-order valence-corrected chi connectivity index (χ4v) is 11.9. The van der Waals surface area contributed by atoms with Gasteiger partial charge in [0.1, 0.15) is 8.16 Å². The first-order valence-corrected chi connectivity index (χ1v) is 15.9. The van der Waals surface area contributed by atoms with E-state index in [-0.39, 0.29) is 23.4 Å². The summed E-state index contributed by atoms with van der Waals surface area (Å²) in [4.78, 5) is 32.7. The highest BCUT2D eigenvalue weighted by atomic mass is 32.2. The zero-order valence-electron chi connectivity index (χ0n) is 20.6. The summed E-state index contributed by atoms with van der Waals surface area (Å²) >= 11 is 6.54. The van der Waals surface area contributed by atoms with E-state index in [0.29, 0.717) is 12.8 Å². The molecular weight excluding hydrogens is 545 g/mol. The molecule has 190 valence electrons. The molecule has 0 spiro atoms. The predicted molar refractivity (Wildman–Crippen MR) is 161 cm³/mol. The number of hydrogen-bond donors (Lipinski definition) is 0. The second-order valence-electron chi connectivity index (χ2n) is 9.46. The highest BCUT2D eigenvalue weighted by Crippen LogP contribution is 2.69. The molecule has 0 aromatic heterocycles. The van der Waals surface area contributed by atoms with Crippen molar-refractivity contribution in [3.8, 4) is 0 Å². The van der Waals surface area contributed by atoms with Gasteiger partial charge in [-0.15, -0.1) is 0 Å². The molecule has 0 aliphatic heterocycles. The molecule has 0 radical (unpaired) electrons. The minimum absolute atomic E-state index is 0.0784. The number of rotatable bonds is 8. The topological polar surface area (TPSA) is 34.1 Å². The molecule has 2 aliphatic rings. The van der Waals surface area contributed by atoms with Crippen molar-refractivity contribution in [1.29, 1.82) is 0 Å². The van der Waals surface area contributed by atoms with Gasteiger partial charge in [0, 0.05) is 44.3 Å². The lowest BCUT2D eigenvalue weighted by Gasteiger charge is -2.34. The van der Waals surface area contributed by atoms with Crippen molar-refractivity contribution in [2.24, 2.45) is 11.8 Å². The standard InChI is InChI=1S/C32H26O2S4/c33-29-22-28-27(31(29,35-23-13-5-1-6-14-23)36-24-15-7-2-8-16-24)21-30(34)32(28,37-25-17-9-3-10-18-25)38-26-19-11-4-12-20-26/h1-20,27-28H,21-22H2/t27-,28-/m1/s1. The number of carbonyl (C=O) groups excluding carboxylic acids is 2. The number of Topliss-reactive ketones (excluding diaryl/α,β-unsaturated/α-hetero) is 2. The van der Waals surface area contributed by atoms with Gasteiger partial charge in [-0.1, -0.05) is 120 Å². The van der Waals surface area contributed by atoms with Gasteiger partial charge in [0.2, 0.25) is 0 Å². The second kappa shape index (κ2) is 11.0. The highest BCUT2D eigenvalue weighted by molar-refractivity contribution is 8.20. The third-order valence-electron chi connectivity index (χ3n) is 7.10. The zero-order valence-corrected chi connectivity index (χ0v) is 23.8. The molecule has 0 saturated heterocycles. The zero-order chi connectivity index (χ0) is 26.0. The smallest absolute Gasteiger partial charge is 0.160 e. The fraction of sp³-hybridized carbons (Fsp3) is 0.188. The average Bonchev–Trinajstić information content (AvgIpc) is 3.36. The van der Waals surface area contributed by atoms with Crippen LogP contribution in [0.1, 0.15) is 12.8 Å². The Hall–Kier alpha value is -2.38. The summed E-state index contributed by atoms with van der Waals surface area (Å²) in [5, 5.41) is 0. The van der Waals surface area contributed by atoms with Crippen LogP contribution in [0.4, 0.5) is 0 Å². The van der Waals surface area contributed by atoms with E-state index in [1.54, 1.807) is 47.0 Å². The third kappa shape index (κ3) is 4.88. The quantitative estimate of drug-likeness (QED) is 0.197. The van der Waals surface area contributed by atoms with Crippen molar-refractivity contribution in [2.45, 2.75) is 40.6 Å².